The summed E-state index contributed by atoms with van der Waals surface area (Å²) in [5, 5.41) is 13.5. The summed E-state index contributed by atoms with van der Waals surface area (Å²) < 4.78 is 73.3. The minimum Gasteiger partial charge on any atom is -0.476 e. The second kappa shape index (κ2) is 12.1. The van der Waals surface area contributed by atoms with Gasteiger partial charge in [-0.2, -0.15) is 15.1 Å². The lowest BCUT2D eigenvalue weighted by molar-refractivity contribution is -0.192. The van der Waals surface area contributed by atoms with Crippen LogP contribution in [0.3, 0.4) is 0 Å². The number of fused-ring (bicyclic) bond motifs is 1. The molecule has 0 spiro atoms. The SMILES string of the molecule is CCOc1nc(N)nc2c1ncn2[C@@H]1O[C@](F)(COP(=O)(NC(C)C(=O)OC(C)C)Oc2ccccc2)[C@@H](F)[C@@]1(C)O. The molecule has 17 heteroatoms. The average molecular weight is 615 g/mol. The number of imidazole rings is 1. The minimum atomic E-state index is -4.59. The molecule has 230 valence electrons. The van der Waals surface area contributed by atoms with Crippen LogP contribution >= 0.6 is 7.75 Å². The van der Waals surface area contributed by atoms with E-state index in [1.807, 2.05) is 0 Å². The number of rotatable bonds is 12. The lowest BCUT2D eigenvalue weighted by atomic mass is 9.97. The van der Waals surface area contributed by atoms with E-state index in [0.29, 0.717) is 0 Å². The molecule has 1 saturated heterocycles. The molecule has 2 aromatic heterocycles. The molecule has 0 bridgehead atoms. The molecular formula is C25H33F2N6O8P. The van der Waals surface area contributed by atoms with Crippen LogP contribution in [0.4, 0.5) is 14.7 Å². The number of carbonyl (C=O) groups excluding carboxylic acids is 1. The second-order valence-corrected chi connectivity index (χ2v) is 11.7. The van der Waals surface area contributed by atoms with E-state index < -0.39 is 56.3 Å². The third-order valence-corrected chi connectivity index (χ3v) is 7.72. The van der Waals surface area contributed by atoms with Gasteiger partial charge in [0.1, 0.15) is 24.0 Å². The fourth-order valence-electron chi connectivity index (χ4n) is 4.19. The Balaban J connectivity index is 1.61. The second-order valence-electron chi connectivity index (χ2n) is 10.0. The fourth-order valence-corrected chi connectivity index (χ4v) is 5.70. The number of hydrogen-bond donors (Lipinski definition) is 3. The Morgan fingerprint density at radius 3 is 2.62 bits per heavy atom. The predicted octanol–water partition coefficient (Wildman–Crippen LogP) is 3.22. The highest BCUT2D eigenvalue weighted by Gasteiger charge is 2.65. The average Bonchev–Trinajstić information content (AvgIpc) is 3.40. The zero-order valence-corrected chi connectivity index (χ0v) is 24.5. The topological polar surface area (TPSA) is 182 Å². The van der Waals surface area contributed by atoms with Crippen molar-refractivity contribution in [1.29, 1.82) is 0 Å². The quantitative estimate of drug-likeness (QED) is 0.200. The zero-order chi connectivity index (χ0) is 30.9. The zero-order valence-electron chi connectivity index (χ0n) is 23.6. The minimum absolute atomic E-state index is 0.0224. The maximum atomic E-state index is 16.2. The molecule has 4 N–H and O–H groups in total. The van der Waals surface area contributed by atoms with Gasteiger partial charge in [0.15, 0.2) is 23.6 Å². The number of aromatic nitrogens is 4. The summed E-state index contributed by atoms with van der Waals surface area (Å²) >= 11 is 0. The van der Waals surface area contributed by atoms with Crippen LogP contribution in [0.15, 0.2) is 36.7 Å². The summed E-state index contributed by atoms with van der Waals surface area (Å²) in [6.45, 7) is 6.19. The number of para-hydroxylation sites is 1. The van der Waals surface area contributed by atoms with Crippen molar-refractivity contribution in [2.24, 2.45) is 0 Å². The molecule has 2 unspecified atom stereocenters. The van der Waals surface area contributed by atoms with Crippen LogP contribution in [0.5, 0.6) is 11.6 Å². The molecule has 14 nitrogen and oxygen atoms in total. The van der Waals surface area contributed by atoms with Gasteiger partial charge in [-0.1, -0.05) is 18.2 Å². The first kappa shape index (κ1) is 31.5. The number of nitrogen functional groups attached to an aromatic ring is 1. The monoisotopic (exact) mass is 614 g/mol. The van der Waals surface area contributed by atoms with Crippen molar-refractivity contribution < 1.29 is 46.5 Å². The standard InChI is InChI=1S/C25H33F2N6O8P/c1-6-37-19-17-18(30-23(28)31-19)33(13-29-17)22-24(5,35)21(26)25(27,40-22)12-38-42(36,41-16-10-8-7-9-11-16)32-15(4)20(34)39-14(2)3/h7-11,13-15,21-22,35H,6,12H2,1-5H3,(H,32,36)(H2,28,30,31)/t15?,21-,22+,24+,25+,42?/m0/s1. The van der Waals surface area contributed by atoms with E-state index >= 15 is 8.78 Å². The normalized spacial score (nSPS) is 26.2. The van der Waals surface area contributed by atoms with Crippen LogP contribution in [-0.4, -0.2) is 73.6 Å². The van der Waals surface area contributed by atoms with E-state index in [4.69, 9.17) is 29.0 Å². The number of halogens is 2. The van der Waals surface area contributed by atoms with Gasteiger partial charge < -0.3 is 29.6 Å². The molecule has 6 atom stereocenters. The van der Waals surface area contributed by atoms with Crippen LogP contribution in [-0.2, 0) is 23.4 Å². The van der Waals surface area contributed by atoms with Crippen LogP contribution in [0.25, 0.3) is 11.2 Å². The Kier molecular flexibility index (Phi) is 9.04. The maximum absolute atomic E-state index is 16.2. The van der Waals surface area contributed by atoms with Crippen LogP contribution in [0, 0.1) is 0 Å². The summed E-state index contributed by atoms with van der Waals surface area (Å²) in [5.41, 5.74) is 3.36. The van der Waals surface area contributed by atoms with Gasteiger partial charge in [-0.3, -0.25) is 13.9 Å². The number of nitrogens with one attached hydrogen (secondary N) is 1. The Morgan fingerprint density at radius 2 is 1.98 bits per heavy atom. The van der Waals surface area contributed by atoms with Gasteiger partial charge >= 0.3 is 13.7 Å². The first-order chi connectivity index (χ1) is 19.7. The molecule has 0 saturated carbocycles. The van der Waals surface area contributed by atoms with E-state index in [-0.39, 0.29) is 35.3 Å². The van der Waals surface area contributed by atoms with Crippen molar-refractivity contribution in [3.8, 4) is 11.6 Å². The van der Waals surface area contributed by atoms with Gasteiger partial charge in [0, 0.05) is 0 Å². The lowest BCUT2D eigenvalue weighted by Crippen LogP contribution is -2.46. The summed E-state index contributed by atoms with van der Waals surface area (Å²) in [7, 11) is -4.59. The van der Waals surface area contributed by atoms with Crippen molar-refractivity contribution >= 4 is 30.8 Å². The highest BCUT2D eigenvalue weighted by atomic mass is 31.2. The Morgan fingerprint density at radius 1 is 1.29 bits per heavy atom. The van der Waals surface area contributed by atoms with E-state index in [1.165, 1.54) is 19.1 Å². The largest absolute Gasteiger partial charge is 0.476 e. The van der Waals surface area contributed by atoms with Crippen LogP contribution in [0.1, 0.15) is 40.8 Å². The molecule has 3 heterocycles. The number of nitrogens with zero attached hydrogens (tertiary/aromatic N) is 4. The van der Waals surface area contributed by atoms with Gasteiger partial charge in [-0.05, 0) is 46.8 Å². The number of esters is 1. The van der Waals surface area contributed by atoms with Crippen molar-refractivity contribution in [2.45, 2.75) is 70.6 Å². The molecule has 1 aliphatic heterocycles. The van der Waals surface area contributed by atoms with Gasteiger partial charge in [0.25, 0.3) is 5.85 Å². The number of ether oxygens (including phenoxy) is 3. The van der Waals surface area contributed by atoms with Gasteiger partial charge in [-0.25, -0.2) is 18.3 Å². The molecule has 42 heavy (non-hydrogen) atoms. The third kappa shape index (κ3) is 6.47. The molecule has 0 aliphatic carbocycles. The van der Waals surface area contributed by atoms with Gasteiger partial charge in [-0.15, -0.1) is 0 Å². The summed E-state index contributed by atoms with van der Waals surface area (Å²) in [6.07, 6.45) is -3.81. The molecular weight excluding hydrogens is 581 g/mol. The highest BCUT2D eigenvalue weighted by Crippen LogP contribution is 2.52. The van der Waals surface area contributed by atoms with Crippen LogP contribution < -0.4 is 20.1 Å². The summed E-state index contributed by atoms with van der Waals surface area (Å²) in [5.74, 6) is -4.29. The molecule has 1 fully saturated rings. The molecule has 0 radical (unpaired) electrons. The number of benzene rings is 1. The number of aliphatic hydroxyl groups is 1. The van der Waals surface area contributed by atoms with Gasteiger partial charge in [0.2, 0.25) is 11.8 Å². The van der Waals surface area contributed by atoms with Crippen molar-refractivity contribution in [1.82, 2.24) is 24.6 Å². The smallest absolute Gasteiger partial charge is 0.459 e. The fraction of sp³-hybridized carbons (Fsp3) is 0.520. The maximum Gasteiger partial charge on any atom is 0.459 e. The number of anilines is 1. The molecule has 1 aromatic carbocycles. The summed E-state index contributed by atoms with van der Waals surface area (Å²) in [4.78, 5) is 24.5. The number of nitrogens with two attached hydrogens (primary N) is 1. The van der Waals surface area contributed by atoms with Crippen molar-refractivity contribution in [2.75, 3.05) is 18.9 Å². The van der Waals surface area contributed by atoms with E-state index in [1.54, 1.807) is 39.0 Å². The molecule has 3 aromatic rings. The molecule has 1 aliphatic rings. The Bertz CT molecular complexity index is 1460. The molecule has 4 rings (SSSR count). The van der Waals surface area contributed by atoms with E-state index in [0.717, 1.165) is 17.8 Å². The van der Waals surface area contributed by atoms with E-state index in [9.17, 15) is 14.5 Å². The van der Waals surface area contributed by atoms with E-state index in [2.05, 4.69) is 20.0 Å². The Hall–Kier alpha value is -3.43. The highest BCUT2D eigenvalue weighted by molar-refractivity contribution is 7.52. The van der Waals surface area contributed by atoms with Crippen molar-refractivity contribution in [3.05, 3.63) is 36.7 Å². The number of alkyl halides is 2. The predicted molar refractivity (Wildman–Crippen MR) is 145 cm³/mol. The third-order valence-electron chi connectivity index (χ3n) is 6.10. The van der Waals surface area contributed by atoms with Crippen molar-refractivity contribution in [3.63, 3.8) is 0 Å². The number of hydrogen-bond acceptors (Lipinski definition) is 12. The first-order valence-corrected chi connectivity index (χ1v) is 14.6. The summed E-state index contributed by atoms with van der Waals surface area (Å²) in [6, 6.07) is 6.48. The lowest BCUT2D eigenvalue weighted by Gasteiger charge is -2.27. The molecule has 0 amide bonds. The number of carbonyl (C=O) groups is 1. The first-order valence-electron chi connectivity index (χ1n) is 13.0. The Labute approximate surface area is 240 Å². The van der Waals surface area contributed by atoms with Crippen LogP contribution in [0.2, 0.25) is 0 Å². The van der Waals surface area contributed by atoms with Gasteiger partial charge in [0.05, 0.1) is 19.0 Å².